The molecule has 1 fully saturated rings. The number of halogens is 1. The van der Waals surface area contributed by atoms with Gasteiger partial charge in [0, 0.05) is 11.0 Å². The Morgan fingerprint density at radius 1 is 1.41 bits per heavy atom. The van der Waals surface area contributed by atoms with Gasteiger partial charge in [0.05, 0.1) is 5.25 Å². The van der Waals surface area contributed by atoms with Crippen molar-refractivity contribution in [3.8, 4) is 0 Å². The molecule has 0 spiro atoms. The smallest absolute Gasteiger partial charge is 0.237 e. The number of rotatable bonds is 4. The fourth-order valence-electron chi connectivity index (χ4n) is 1.87. The monoisotopic (exact) mass is 313 g/mol. The van der Waals surface area contributed by atoms with Crippen LogP contribution >= 0.6 is 27.7 Å². The molecule has 1 aliphatic rings. The molecule has 1 aromatic carbocycles. The summed E-state index contributed by atoms with van der Waals surface area (Å²) in [4.78, 5) is 11.9. The van der Waals surface area contributed by atoms with Gasteiger partial charge in [-0.05, 0) is 42.7 Å². The summed E-state index contributed by atoms with van der Waals surface area (Å²) in [5, 5.41) is 4.10. The predicted molar refractivity (Wildman–Crippen MR) is 78.0 cm³/mol. The van der Waals surface area contributed by atoms with Crippen LogP contribution in [-0.4, -0.2) is 22.2 Å². The Labute approximate surface area is 115 Å². The third-order valence-electron chi connectivity index (χ3n) is 2.83. The molecule has 1 heterocycles. The van der Waals surface area contributed by atoms with Gasteiger partial charge in [-0.1, -0.05) is 28.1 Å². The van der Waals surface area contributed by atoms with Gasteiger partial charge in [0.1, 0.15) is 0 Å². The highest BCUT2D eigenvalue weighted by Crippen LogP contribution is 2.27. The maximum atomic E-state index is 11.9. The van der Waals surface area contributed by atoms with E-state index in [9.17, 15) is 4.79 Å². The van der Waals surface area contributed by atoms with E-state index < -0.39 is 0 Å². The van der Waals surface area contributed by atoms with Crippen molar-refractivity contribution in [3.05, 3.63) is 29.8 Å². The van der Waals surface area contributed by atoms with Crippen molar-refractivity contribution in [3.63, 3.8) is 0 Å². The highest BCUT2D eigenvalue weighted by molar-refractivity contribution is 9.09. The molecule has 1 atom stereocenters. The Morgan fingerprint density at radius 2 is 2.18 bits per heavy atom. The van der Waals surface area contributed by atoms with Gasteiger partial charge in [-0.3, -0.25) is 4.79 Å². The van der Waals surface area contributed by atoms with Gasteiger partial charge in [-0.15, -0.1) is 11.8 Å². The van der Waals surface area contributed by atoms with Crippen LogP contribution in [0.3, 0.4) is 0 Å². The summed E-state index contributed by atoms with van der Waals surface area (Å²) in [6.07, 6.45) is 3.19. The van der Waals surface area contributed by atoms with Crippen molar-refractivity contribution in [2.45, 2.75) is 24.5 Å². The zero-order valence-electron chi connectivity index (χ0n) is 9.62. The number of carbonyl (C=O) groups is 1. The number of benzene rings is 1. The number of nitrogens with one attached hydrogen (secondary N) is 1. The standard InChI is InChI=1S/C13H16BrNOS/c14-8-7-10-3-5-11(6-4-10)15-13(16)12-2-1-9-17-12/h3-6,12H,1-2,7-9H2,(H,15,16). The van der Waals surface area contributed by atoms with E-state index in [1.807, 2.05) is 12.1 Å². The zero-order chi connectivity index (χ0) is 12.1. The minimum absolute atomic E-state index is 0.150. The van der Waals surface area contributed by atoms with Crippen molar-refractivity contribution in [2.24, 2.45) is 0 Å². The first kappa shape index (κ1) is 13.0. The van der Waals surface area contributed by atoms with Gasteiger partial charge < -0.3 is 5.32 Å². The van der Waals surface area contributed by atoms with E-state index in [1.54, 1.807) is 11.8 Å². The zero-order valence-corrected chi connectivity index (χ0v) is 12.0. The summed E-state index contributed by atoms with van der Waals surface area (Å²) in [6.45, 7) is 0. The molecule has 0 bridgehead atoms. The van der Waals surface area contributed by atoms with Crippen LogP contribution in [0.15, 0.2) is 24.3 Å². The first-order chi connectivity index (χ1) is 8.29. The number of carbonyl (C=O) groups excluding carboxylic acids is 1. The fraction of sp³-hybridized carbons (Fsp3) is 0.462. The molecule has 0 aliphatic carbocycles. The molecule has 1 aliphatic heterocycles. The highest BCUT2D eigenvalue weighted by atomic mass is 79.9. The van der Waals surface area contributed by atoms with Crippen LogP contribution in [0.2, 0.25) is 0 Å². The number of thioether (sulfide) groups is 1. The molecule has 1 amide bonds. The molecule has 4 heteroatoms. The van der Waals surface area contributed by atoms with Crippen molar-refractivity contribution < 1.29 is 4.79 Å². The van der Waals surface area contributed by atoms with Gasteiger partial charge >= 0.3 is 0 Å². The SMILES string of the molecule is O=C(Nc1ccc(CCBr)cc1)C1CCCS1. The minimum atomic E-state index is 0.150. The highest BCUT2D eigenvalue weighted by Gasteiger charge is 2.23. The molecular formula is C13H16BrNOS. The lowest BCUT2D eigenvalue weighted by molar-refractivity contribution is -0.115. The van der Waals surface area contributed by atoms with Gasteiger partial charge in [0.2, 0.25) is 5.91 Å². The van der Waals surface area contributed by atoms with E-state index in [0.29, 0.717) is 0 Å². The van der Waals surface area contributed by atoms with Crippen LogP contribution in [0.1, 0.15) is 18.4 Å². The van der Waals surface area contributed by atoms with Crippen LogP contribution in [-0.2, 0) is 11.2 Å². The van der Waals surface area contributed by atoms with E-state index in [2.05, 4.69) is 33.4 Å². The van der Waals surface area contributed by atoms with Gasteiger partial charge in [-0.2, -0.15) is 0 Å². The molecular weight excluding hydrogens is 298 g/mol. The molecule has 2 rings (SSSR count). The average Bonchev–Trinajstić information content (AvgIpc) is 2.86. The number of amides is 1. The van der Waals surface area contributed by atoms with E-state index >= 15 is 0 Å². The second kappa shape index (κ2) is 6.45. The Balaban J connectivity index is 1.91. The van der Waals surface area contributed by atoms with E-state index in [0.717, 1.165) is 36.0 Å². The molecule has 17 heavy (non-hydrogen) atoms. The second-order valence-electron chi connectivity index (χ2n) is 4.13. The fourth-order valence-corrected chi connectivity index (χ4v) is 3.49. The number of hydrogen-bond acceptors (Lipinski definition) is 2. The summed E-state index contributed by atoms with van der Waals surface area (Å²) in [7, 11) is 0. The van der Waals surface area contributed by atoms with Gasteiger partial charge in [0.15, 0.2) is 0 Å². The lowest BCUT2D eigenvalue weighted by Gasteiger charge is -2.10. The Morgan fingerprint density at radius 3 is 2.76 bits per heavy atom. The topological polar surface area (TPSA) is 29.1 Å². The Bertz CT molecular complexity index is 374. The van der Waals surface area contributed by atoms with Crippen LogP contribution < -0.4 is 5.32 Å². The average molecular weight is 314 g/mol. The molecule has 0 saturated carbocycles. The van der Waals surface area contributed by atoms with Crippen LogP contribution in [0.4, 0.5) is 5.69 Å². The number of anilines is 1. The normalized spacial score (nSPS) is 19.2. The van der Waals surface area contributed by atoms with Gasteiger partial charge in [-0.25, -0.2) is 0 Å². The van der Waals surface area contributed by atoms with E-state index in [-0.39, 0.29) is 11.2 Å². The maximum absolute atomic E-state index is 11.9. The summed E-state index contributed by atoms with van der Waals surface area (Å²) >= 11 is 5.18. The van der Waals surface area contributed by atoms with Crippen LogP contribution in [0.5, 0.6) is 0 Å². The molecule has 1 aromatic rings. The number of alkyl halides is 1. The molecule has 2 nitrogen and oxygen atoms in total. The molecule has 92 valence electrons. The second-order valence-corrected chi connectivity index (χ2v) is 6.23. The van der Waals surface area contributed by atoms with Crippen LogP contribution in [0, 0.1) is 0 Å². The summed E-state index contributed by atoms with van der Waals surface area (Å²) in [5.41, 5.74) is 2.19. The minimum Gasteiger partial charge on any atom is -0.325 e. The lowest BCUT2D eigenvalue weighted by Crippen LogP contribution is -2.22. The molecule has 1 saturated heterocycles. The summed E-state index contributed by atoms with van der Waals surface area (Å²) in [6, 6.07) is 8.10. The number of hydrogen-bond donors (Lipinski definition) is 1. The van der Waals surface area contributed by atoms with E-state index in [1.165, 1.54) is 5.56 Å². The first-order valence-corrected chi connectivity index (χ1v) is 8.04. The van der Waals surface area contributed by atoms with Crippen molar-refractivity contribution >= 4 is 39.3 Å². The molecule has 0 aromatic heterocycles. The predicted octanol–water partition coefficient (Wildman–Crippen LogP) is 3.46. The van der Waals surface area contributed by atoms with Crippen molar-refractivity contribution in [1.29, 1.82) is 0 Å². The number of aryl methyl sites for hydroxylation is 1. The van der Waals surface area contributed by atoms with E-state index in [4.69, 9.17) is 0 Å². The Hall–Kier alpha value is -0.480. The lowest BCUT2D eigenvalue weighted by atomic mass is 10.1. The Kier molecular flexibility index (Phi) is 4.92. The molecule has 1 N–H and O–H groups in total. The van der Waals surface area contributed by atoms with Gasteiger partial charge in [0.25, 0.3) is 0 Å². The largest absolute Gasteiger partial charge is 0.325 e. The van der Waals surface area contributed by atoms with Crippen LogP contribution in [0.25, 0.3) is 0 Å². The third-order valence-corrected chi connectivity index (χ3v) is 4.60. The van der Waals surface area contributed by atoms with Crippen molar-refractivity contribution in [2.75, 3.05) is 16.4 Å². The summed E-state index contributed by atoms with van der Waals surface area (Å²) < 4.78 is 0. The quantitative estimate of drug-likeness (QED) is 0.862. The molecule has 1 unspecified atom stereocenters. The maximum Gasteiger partial charge on any atom is 0.237 e. The third kappa shape index (κ3) is 3.75. The summed E-state index contributed by atoms with van der Waals surface area (Å²) in [5.74, 6) is 1.27. The van der Waals surface area contributed by atoms with Crippen molar-refractivity contribution in [1.82, 2.24) is 0 Å². The first-order valence-electron chi connectivity index (χ1n) is 5.87. The molecule has 0 radical (unpaired) electrons.